The number of anilines is 1. The minimum Gasteiger partial charge on any atom is -0.493 e. The average molecular weight is 381 g/mol. The molecule has 0 bridgehead atoms. The molecule has 2 aliphatic rings. The van der Waals surface area contributed by atoms with Crippen LogP contribution in [0.5, 0.6) is 5.75 Å². The lowest BCUT2D eigenvalue weighted by Gasteiger charge is -2.36. The van der Waals surface area contributed by atoms with Crippen LogP contribution in [0.1, 0.15) is 25.7 Å². The number of amides is 1. The summed E-state index contributed by atoms with van der Waals surface area (Å²) < 4.78 is 5.90. The fourth-order valence-corrected chi connectivity index (χ4v) is 3.64. The van der Waals surface area contributed by atoms with Crippen molar-refractivity contribution in [1.82, 2.24) is 9.88 Å². The molecule has 2 fully saturated rings. The summed E-state index contributed by atoms with van der Waals surface area (Å²) in [4.78, 5) is 19.7. The highest BCUT2D eigenvalue weighted by atomic mass is 16.5. The summed E-state index contributed by atoms with van der Waals surface area (Å²) in [5.74, 6) is 2.57. The summed E-state index contributed by atoms with van der Waals surface area (Å²) >= 11 is 0. The van der Waals surface area contributed by atoms with Gasteiger partial charge in [-0.05, 0) is 55.9 Å². The SMILES string of the molecule is CN(C(=O)O)C1CCN(c2cccc(-c3cccc(OCC4CC4)c3)n2)CC1. The van der Waals surface area contributed by atoms with E-state index in [-0.39, 0.29) is 6.04 Å². The third kappa shape index (κ3) is 4.38. The Balaban J connectivity index is 1.43. The van der Waals surface area contributed by atoms with Gasteiger partial charge in [0.05, 0.1) is 12.3 Å². The molecule has 1 aliphatic carbocycles. The molecule has 2 heterocycles. The molecule has 0 atom stereocenters. The second kappa shape index (κ2) is 8.09. The molecule has 1 saturated carbocycles. The summed E-state index contributed by atoms with van der Waals surface area (Å²) in [6.45, 7) is 2.42. The van der Waals surface area contributed by atoms with Crippen LogP contribution in [0.3, 0.4) is 0 Å². The van der Waals surface area contributed by atoms with Gasteiger partial charge in [0, 0.05) is 31.7 Å². The molecule has 148 valence electrons. The van der Waals surface area contributed by atoms with Gasteiger partial charge in [-0.2, -0.15) is 0 Å². The van der Waals surface area contributed by atoms with Gasteiger partial charge in [0.2, 0.25) is 0 Å². The molecule has 1 aromatic heterocycles. The van der Waals surface area contributed by atoms with Crippen molar-refractivity contribution < 1.29 is 14.6 Å². The predicted molar refractivity (Wildman–Crippen MR) is 109 cm³/mol. The zero-order valence-electron chi connectivity index (χ0n) is 16.3. The molecule has 1 aromatic carbocycles. The van der Waals surface area contributed by atoms with Crippen molar-refractivity contribution in [1.29, 1.82) is 0 Å². The molecule has 6 nitrogen and oxygen atoms in total. The molecule has 4 rings (SSSR count). The molecule has 0 spiro atoms. The molecule has 1 N–H and O–H groups in total. The van der Waals surface area contributed by atoms with Gasteiger partial charge in [-0.15, -0.1) is 0 Å². The first kappa shape index (κ1) is 18.6. The number of rotatable bonds is 6. The van der Waals surface area contributed by atoms with Gasteiger partial charge in [0.1, 0.15) is 11.6 Å². The van der Waals surface area contributed by atoms with Crippen LogP contribution in [0.15, 0.2) is 42.5 Å². The van der Waals surface area contributed by atoms with Crippen molar-refractivity contribution in [3.05, 3.63) is 42.5 Å². The Morgan fingerprint density at radius 2 is 1.93 bits per heavy atom. The lowest BCUT2D eigenvalue weighted by atomic mass is 10.0. The van der Waals surface area contributed by atoms with Crippen LogP contribution < -0.4 is 9.64 Å². The third-order valence-corrected chi connectivity index (χ3v) is 5.68. The van der Waals surface area contributed by atoms with E-state index < -0.39 is 6.09 Å². The van der Waals surface area contributed by atoms with Gasteiger partial charge in [0.15, 0.2) is 0 Å². The number of benzene rings is 1. The van der Waals surface area contributed by atoms with Crippen molar-refractivity contribution in [2.24, 2.45) is 5.92 Å². The van der Waals surface area contributed by atoms with Crippen LogP contribution in [0.4, 0.5) is 10.6 Å². The second-order valence-electron chi connectivity index (χ2n) is 7.77. The molecular weight excluding hydrogens is 354 g/mol. The standard InChI is InChI=1S/C22H27N3O3/c1-24(22(26)27)18-10-12-25(13-11-18)21-7-3-6-20(23-21)17-4-2-5-19(14-17)28-15-16-8-9-16/h2-7,14,16,18H,8-13,15H2,1H3,(H,26,27). The highest BCUT2D eigenvalue weighted by Gasteiger charge is 2.26. The summed E-state index contributed by atoms with van der Waals surface area (Å²) in [6, 6.07) is 14.3. The Labute approximate surface area is 165 Å². The van der Waals surface area contributed by atoms with Crippen LogP contribution in [0.25, 0.3) is 11.3 Å². The quantitative estimate of drug-likeness (QED) is 0.815. The van der Waals surface area contributed by atoms with Gasteiger partial charge in [0.25, 0.3) is 0 Å². The molecule has 28 heavy (non-hydrogen) atoms. The van der Waals surface area contributed by atoms with Crippen molar-refractivity contribution in [2.75, 3.05) is 31.6 Å². The monoisotopic (exact) mass is 381 g/mol. The summed E-state index contributed by atoms with van der Waals surface area (Å²) in [6.07, 6.45) is 3.34. The first-order valence-electron chi connectivity index (χ1n) is 10.0. The maximum absolute atomic E-state index is 11.2. The highest BCUT2D eigenvalue weighted by Crippen LogP contribution is 2.31. The van der Waals surface area contributed by atoms with Gasteiger partial charge in [-0.25, -0.2) is 9.78 Å². The molecular formula is C22H27N3O3. The van der Waals surface area contributed by atoms with E-state index >= 15 is 0 Å². The molecule has 6 heteroatoms. The highest BCUT2D eigenvalue weighted by molar-refractivity contribution is 5.65. The topological polar surface area (TPSA) is 65.9 Å². The van der Waals surface area contributed by atoms with E-state index in [9.17, 15) is 4.79 Å². The minimum atomic E-state index is -0.859. The van der Waals surface area contributed by atoms with E-state index in [2.05, 4.69) is 17.0 Å². The van der Waals surface area contributed by atoms with E-state index in [0.29, 0.717) is 0 Å². The zero-order chi connectivity index (χ0) is 19.5. The van der Waals surface area contributed by atoms with E-state index in [1.54, 1.807) is 7.05 Å². The van der Waals surface area contributed by atoms with Crippen LogP contribution in [-0.2, 0) is 0 Å². The van der Waals surface area contributed by atoms with Crippen molar-refractivity contribution >= 4 is 11.9 Å². The lowest BCUT2D eigenvalue weighted by Crippen LogP contribution is -2.45. The fraction of sp³-hybridized carbons (Fsp3) is 0.455. The van der Waals surface area contributed by atoms with Gasteiger partial charge < -0.3 is 19.6 Å². The summed E-state index contributed by atoms with van der Waals surface area (Å²) in [5.41, 5.74) is 1.98. The van der Waals surface area contributed by atoms with Gasteiger partial charge in [-0.3, -0.25) is 0 Å². The fourth-order valence-electron chi connectivity index (χ4n) is 3.64. The van der Waals surface area contributed by atoms with Gasteiger partial charge >= 0.3 is 6.09 Å². The number of piperidine rings is 1. The van der Waals surface area contributed by atoms with Crippen LogP contribution >= 0.6 is 0 Å². The van der Waals surface area contributed by atoms with E-state index in [0.717, 1.165) is 61.3 Å². The maximum Gasteiger partial charge on any atom is 0.407 e. The zero-order valence-corrected chi connectivity index (χ0v) is 16.3. The van der Waals surface area contributed by atoms with E-state index in [1.807, 2.05) is 30.3 Å². The molecule has 1 aliphatic heterocycles. The minimum absolute atomic E-state index is 0.0808. The number of hydrogen-bond acceptors (Lipinski definition) is 4. The number of nitrogens with zero attached hydrogens (tertiary/aromatic N) is 3. The molecule has 0 unspecified atom stereocenters. The van der Waals surface area contributed by atoms with Crippen LogP contribution in [-0.4, -0.2) is 53.9 Å². The number of pyridine rings is 1. The third-order valence-electron chi connectivity index (χ3n) is 5.68. The first-order valence-corrected chi connectivity index (χ1v) is 10.0. The Hall–Kier alpha value is -2.76. The van der Waals surface area contributed by atoms with Crippen LogP contribution in [0, 0.1) is 5.92 Å². The molecule has 2 aromatic rings. The summed E-state index contributed by atoms with van der Waals surface area (Å²) in [7, 11) is 1.65. The van der Waals surface area contributed by atoms with E-state index in [4.69, 9.17) is 14.8 Å². The van der Waals surface area contributed by atoms with Gasteiger partial charge in [-0.1, -0.05) is 18.2 Å². The van der Waals surface area contributed by atoms with Crippen molar-refractivity contribution in [2.45, 2.75) is 31.7 Å². The number of hydrogen-bond donors (Lipinski definition) is 1. The maximum atomic E-state index is 11.2. The smallest absolute Gasteiger partial charge is 0.407 e. The van der Waals surface area contributed by atoms with E-state index in [1.165, 1.54) is 17.7 Å². The Kier molecular flexibility index (Phi) is 5.37. The summed E-state index contributed by atoms with van der Waals surface area (Å²) in [5, 5.41) is 9.16. The second-order valence-corrected chi connectivity index (χ2v) is 7.77. The number of carboxylic acid groups (broad SMARTS) is 1. The lowest BCUT2D eigenvalue weighted by molar-refractivity contribution is 0.131. The largest absolute Gasteiger partial charge is 0.493 e. The van der Waals surface area contributed by atoms with Crippen LogP contribution in [0.2, 0.25) is 0 Å². The Morgan fingerprint density at radius 3 is 2.64 bits per heavy atom. The normalized spacial score (nSPS) is 17.4. The Bertz CT molecular complexity index is 829. The van der Waals surface area contributed by atoms with Crippen molar-refractivity contribution in [3.8, 4) is 17.0 Å². The predicted octanol–water partition coefficient (Wildman–Crippen LogP) is 4.12. The Morgan fingerprint density at radius 1 is 1.18 bits per heavy atom. The molecule has 0 radical (unpaired) electrons. The number of carbonyl (C=O) groups is 1. The molecule has 1 amide bonds. The van der Waals surface area contributed by atoms with Crippen molar-refractivity contribution in [3.63, 3.8) is 0 Å². The first-order chi connectivity index (χ1) is 13.6. The number of ether oxygens (including phenoxy) is 1. The molecule has 1 saturated heterocycles. The average Bonchev–Trinajstić information content (AvgIpc) is 3.57. The number of aromatic nitrogens is 1.